The zero-order valence-electron chi connectivity index (χ0n) is 5.96. The molecule has 0 aliphatic heterocycles. The molecular formula is C7H12N2. The van der Waals surface area contributed by atoms with Crippen LogP contribution in [0.3, 0.4) is 0 Å². The summed E-state index contributed by atoms with van der Waals surface area (Å²) in [6, 6.07) is 0. The summed E-state index contributed by atoms with van der Waals surface area (Å²) < 4.78 is 0. The van der Waals surface area contributed by atoms with Gasteiger partial charge in [-0.05, 0) is 25.7 Å². The average Bonchev–Trinajstić information content (AvgIpc) is 2.65. The Kier molecular flexibility index (Phi) is 1.98. The topological polar surface area (TPSA) is 24.7 Å². The van der Waals surface area contributed by atoms with E-state index in [1.165, 1.54) is 12.8 Å². The van der Waals surface area contributed by atoms with Crippen LogP contribution < -0.4 is 0 Å². The van der Waals surface area contributed by atoms with Gasteiger partial charge in [-0.2, -0.15) is 0 Å². The molecule has 0 aromatic carbocycles. The molecule has 0 unspecified atom stereocenters. The van der Waals surface area contributed by atoms with Gasteiger partial charge < -0.3 is 0 Å². The molecule has 0 spiro atoms. The van der Waals surface area contributed by atoms with Crippen LogP contribution in [0.5, 0.6) is 0 Å². The van der Waals surface area contributed by atoms with Crippen molar-refractivity contribution in [2.75, 3.05) is 7.05 Å². The minimum atomic E-state index is 0.765. The second kappa shape index (κ2) is 2.76. The predicted octanol–water partition coefficient (Wildman–Crippen LogP) is 1.52. The van der Waals surface area contributed by atoms with E-state index in [4.69, 9.17) is 0 Å². The number of hydrogen-bond acceptors (Lipinski definition) is 1. The molecule has 0 atom stereocenters. The molecule has 0 amide bonds. The van der Waals surface area contributed by atoms with Crippen LogP contribution in [0.15, 0.2) is 9.98 Å². The monoisotopic (exact) mass is 124 g/mol. The molecule has 9 heavy (non-hydrogen) atoms. The maximum Gasteiger partial charge on any atom is 0.119 e. The minimum Gasteiger partial charge on any atom is -0.274 e. The molecule has 1 saturated carbocycles. The first-order valence-corrected chi connectivity index (χ1v) is 3.30. The van der Waals surface area contributed by atoms with E-state index in [1.54, 1.807) is 7.05 Å². The van der Waals surface area contributed by atoms with E-state index < -0.39 is 0 Å². The predicted molar refractivity (Wildman–Crippen MR) is 40.2 cm³/mol. The lowest BCUT2D eigenvalue weighted by molar-refractivity contribution is 1.23. The molecule has 2 heteroatoms. The third kappa shape index (κ3) is 2.40. The molecular weight excluding hydrogens is 112 g/mol. The molecule has 1 aliphatic carbocycles. The van der Waals surface area contributed by atoms with Crippen LogP contribution in [0.1, 0.15) is 19.8 Å². The second-order valence-electron chi connectivity index (χ2n) is 2.39. The first kappa shape index (κ1) is 6.46. The SMILES string of the molecule is C/N=C(C)\N=C/C1CC1. The Morgan fingerprint density at radius 1 is 1.56 bits per heavy atom. The summed E-state index contributed by atoms with van der Waals surface area (Å²) in [5.41, 5.74) is 0. The molecule has 1 aliphatic rings. The highest BCUT2D eigenvalue weighted by Gasteiger charge is 2.17. The molecule has 1 fully saturated rings. The van der Waals surface area contributed by atoms with Crippen molar-refractivity contribution < 1.29 is 0 Å². The van der Waals surface area contributed by atoms with Crippen LogP contribution in [-0.2, 0) is 0 Å². The fraction of sp³-hybridized carbons (Fsp3) is 0.714. The van der Waals surface area contributed by atoms with Crippen molar-refractivity contribution in [3.63, 3.8) is 0 Å². The zero-order chi connectivity index (χ0) is 6.69. The van der Waals surface area contributed by atoms with Gasteiger partial charge in [0.1, 0.15) is 5.84 Å². The van der Waals surface area contributed by atoms with Gasteiger partial charge in [-0.3, -0.25) is 4.99 Å². The number of hydrogen-bond donors (Lipinski definition) is 0. The van der Waals surface area contributed by atoms with E-state index in [0.717, 1.165) is 11.8 Å². The molecule has 0 radical (unpaired) electrons. The standard InChI is InChI=1S/C7H12N2/c1-6(8-2)9-5-7-3-4-7/h5,7H,3-4H2,1-2H3/b8-6-,9-5-. The van der Waals surface area contributed by atoms with Crippen molar-refractivity contribution in [1.82, 2.24) is 0 Å². The highest BCUT2D eigenvalue weighted by Crippen LogP contribution is 2.26. The highest BCUT2D eigenvalue weighted by atomic mass is 14.9. The van der Waals surface area contributed by atoms with Gasteiger partial charge in [0.05, 0.1) is 0 Å². The lowest BCUT2D eigenvalue weighted by Gasteiger charge is -1.84. The van der Waals surface area contributed by atoms with E-state index in [0.29, 0.717) is 0 Å². The minimum absolute atomic E-state index is 0.765. The maximum atomic E-state index is 4.13. The Balaban J connectivity index is 2.29. The Labute approximate surface area is 55.7 Å². The summed E-state index contributed by atoms with van der Waals surface area (Å²) in [6.07, 6.45) is 4.64. The van der Waals surface area contributed by atoms with Crippen LogP contribution in [0.2, 0.25) is 0 Å². The van der Waals surface area contributed by atoms with Gasteiger partial charge >= 0.3 is 0 Å². The van der Waals surface area contributed by atoms with Crippen molar-refractivity contribution in [2.45, 2.75) is 19.8 Å². The van der Waals surface area contributed by atoms with Crippen LogP contribution in [0.4, 0.5) is 0 Å². The van der Waals surface area contributed by atoms with Crippen LogP contribution in [0.25, 0.3) is 0 Å². The van der Waals surface area contributed by atoms with Crippen molar-refractivity contribution in [1.29, 1.82) is 0 Å². The van der Waals surface area contributed by atoms with E-state index in [1.807, 2.05) is 13.1 Å². The number of rotatable bonds is 1. The van der Waals surface area contributed by atoms with Crippen molar-refractivity contribution in [3.8, 4) is 0 Å². The number of amidine groups is 1. The summed E-state index contributed by atoms with van der Waals surface area (Å²) in [7, 11) is 1.76. The molecule has 2 nitrogen and oxygen atoms in total. The van der Waals surface area contributed by atoms with Crippen molar-refractivity contribution >= 4 is 12.1 Å². The molecule has 1 rings (SSSR count). The number of aliphatic imine (C=N–C) groups is 2. The van der Waals surface area contributed by atoms with Crippen molar-refractivity contribution in [2.24, 2.45) is 15.9 Å². The fourth-order valence-electron chi connectivity index (χ4n) is 0.516. The smallest absolute Gasteiger partial charge is 0.119 e. The van der Waals surface area contributed by atoms with Crippen LogP contribution in [0, 0.1) is 5.92 Å². The Hall–Kier alpha value is -0.660. The van der Waals surface area contributed by atoms with Gasteiger partial charge in [0.2, 0.25) is 0 Å². The summed E-state index contributed by atoms with van der Waals surface area (Å²) in [5.74, 6) is 1.64. The van der Waals surface area contributed by atoms with Gasteiger partial charge in [0.15, 0.2) is 0 Å². The largest absolute Gasteiger partial charge is 0.274 e. The van der Waals surface area contributed by atoms with Crippen LogP contribution in [-0.4, -0.2) is 19.1 Å². The summed E-state index contributed by atoms with van der Waals surface area (Å²) in [6.45, 7) is 1.92. The Bertz CT molecular complexity index is 143. The maximum absolute atomic E-state index is 4.13. The highest BCUT2D eigenvalue weighted by molar-refractivity contribution is 5.88. The first-order chi connectivity index (χ1) is 4.33. The summed E-state index contributed by atoms with van der Waals surface area (Å²) in [4.78, 5) is 8.04. The third-order valence-corrected chi connectivity index (χ3v) is 1.42. The fourth-order valence-corrected chi connectivity index (χ4v) is 0.516. The average molecular weight is 124 g/mol. The van der Waals surface area contributed by atoms with Gasteiger partial charge in [-0.15, -0.1) is 0 Å². The Morgan fingerprint density at radius 3 is 2.67 bits per heavy atom. The molecule has 0 N–H and O–H groups in total. The van der Waals surface area contributed by atoms with Gasteiger partial charge in [-0.1, -0.05) is 0 Å². The Morgan fingerprint density at radius 2 is 2.22 bits per heavy atom. The lowest BCUT2D eigenvalue weighted by atomic mass is 10.5. The van der Waals surface area contributed by atoms with Gasteiger partial charge in [-0.25, -0.2) is 4.99 Å². The molecule has 0 aromatic rings. The second-order valence-corrected chi connectivity index (χ2v) is 2.39. The molecule has 0 saturated heterocycles. The van der Waals surface area contributed by atoms with E-state index in [9.17, 15) is 0 Å². The molecule has 0 heterocycles. The zero-order valence-corrected chi connectivity index (χ0v) is 5.96. The molecule has 0 aromatic heterocycles. The van der Waals surface area contributed by atoms with Crippen LogP contribution >= 0.6 is 0 Å². The lowest BCUT2D eigenvalue weighted by Crippen LogP contribution is -1.86. The van der Waals surface area contributed by atoms with E-state index in [2.05, 4.69) is 9.98 Å². The summed E-state index contributed by atoms with van der Waals surface area (Å²) in [5, 5.41) is 0. The van der Waals surface area contributed by atoms with Gasteiger partial charge in [0.25, 0.3) is 0 Å². The third-order valence-electron chi connectivity index (χ3n) is 1.42. The van der Waals surface area contributed by atoms with E-state index in [-0.39, 0.29) is 0 Å². The van der Waals surface area contributed by atoms with Gasteiger partial charge in [0, 0.05) is 13.3 Å². The quantitative estimate of drug-likeness (QED) is 0.374. The van der Waals surface area contributed by atoms with Crippen molar-refractivity contribution in [3.05, 3.63) is 0 Å². The van der Waals surface area contributed by atoms with E-state index >= 15 is 0 Å². The first-order valence-electron chi connectivity index (χ1n) is 3.30. The normalized spacial score (nSPS) is 21.3. The molecule has 50 valence electrons. The number of nitrogens with zero attached hydrogens (tertiary/aromatic N) is 2. The summed E-state index contributed by atoms with van der Waals surface area (Å²) >= 11 is 0. The molecule has 0 bridgehead atoms.